The molecule has 0 aromatic heterocycles. The molecule has 1 atom stereocenters. The maximum atomic E-state index is 13.8. The molecule has 0 heterocycles. The summed E-state index contributed by atoms with van der Waals surface area (Å²) >= 11 is 5.94. The van der Waals surface area contributed by atoms with Crippen molar-refractivity contribution in [3.63, 3.8) is 0 Å². The molecular weight excluding hydrogens is 295 g/mol. The molecule has 2 aromatic carbocycles. The van der Waals surface area contributed by atoms with Gasteiger partial charge >= 0.3 is 0 Å². The van der Waals surface area contributed by atoms with Crippen LogP contribution in [0.25, 0.3) is 0 Å². The van der Waals surface area contributed by atoms with Crippen LogP contribution in [0.1, 0.15) is 24.2 Å². The number of hydrogen-bond acceptors (Lipinski definition) is 3. The molecule has 0 aliphatic rings. The summed E-state index contributed by atoms with van der Waals surface area (Å²) in [6, 6.07) is 9.58. The fraction of sp³-hybridized carbons (Fsp3) is 0.250. The maximum Gasteiger partial charge on any atom is 0.132 e. The van der Waals surface area contributed by atoms with Gasteiger partial charge in [0.05, 0.1) is 13.2 Å². The number of aliphatic hydroxyl groups is 1. The highest BCUT2D eigenvalue weighted by molar-refractivity contribution is 6.30. The predicted molar refractivity (Wildman–Crippen MR) is 79.4 cm³/mol. The van der Waals surface area contributed by atoms with Crippen molar-refractivity contribution in [3.05, 3.63) is 58.4 Å². The normalized spacial score (nSPS) is 12.0. The SMILES string of the molecule is COc1ccc(Cl)cc1COc1ccc(C(C)O)c(F)c1. The number of rotatable bonds is 5. The van der Waals surface area contributed by atoms with Crippen molar-refractivity contribution in [2.75, 3.05) is 7.11 Å². The van der Waals surface area contributed by atoms with Gasteiger partial charge in [-0.2, -0.15) is 0 Å². The molecule has 0 bridgehead atoms. The van der Waals surface area contributed by atoms with Crippen molar-refractivity contribution in [1.29, 1.82) is 0 Å². The highest BCUT2D eigenvalue weighted by Gasteiger charge is 2.10. The van der Waals surface area contributed by atoms with Crippen LogP contribution in [-0.2, 0) is 6.61 Å². The summed E-state index contributed by atoms with van der Waals surface area (Å²) < 4.78 is 24.5. The van der Waals surface area contributed by atoms with Gasteiger partial charge in [-0.05, 0) is 37.3 Å². The zero-order valence-electron chi connectivity index (χ0n) is 11.8. The third-order valence-corrected chi connectivity index (χ3v) is 3.29. The van der Waals surface area contributed by atoms with Gasteiger partial charge in [-0.1, -0.05) is 11.6 Å². The fourth-order valence-electron chi connectivity index (χ4n) is 1.96. The van der Waals surface area contributed by atoms with E-state index in [1.54, 1.807) is 31.4 Å². The third-order valence-electron chi connectivity index (χ3n) is 3.06. The van der Waals surface area contributed by atoms with Crippen LogP contribution >= 0.6 is 11.6 Å². The van der Waals surface area contributed by atoms with Crippen LogP contribution in [-0.4, -0.2) is 12.2 Å². The first-order valence-corrected chi connectivity index (χ1v) is 6.81. The minimum atomic E-state index is -0.855. The summed E-state index contributed by atoms with van der Waals surface area (Å²) in [5.41, 5.74) is 1.01. The van der Waals surface area contributed by atoms with E-state index in [0.717, 1.165) is 5.56 Å². The molecule has 0 saturated carbocycles. The van der Waals surface area contributed by atoms with E-state index in [9.17, 15) is 9.50 Å². The standard InChI is InChI=1S/C16H16ClFO3/c1-10(19)14-5-4-13(8-15(14)18)21-9-11-7-12(17)3-6-16(11)20-2/h3-8,10,19H,9H2,1-2H3. The Bertz CT molecular complexity index is 629. The van der Waals surface area contributed by atoms with E-state index >= 15 is 0 Å². The lowest BCUT2D eigenvalue weighted by Crippen LogP contribution is -2.01. The lowest BCUT2D eigenvalue weighted by atomic mass is 10.1. The molecule has 0 aliphatic carbocycles. The zero-order chi connectivity index (χ0) is 15.4. The van der Waals surface area contributed by atoms with Crippen molar-refractivity contribution in [2.24, 2.45) is 0 Å². The lowest BCUT2D eigenvalue weighted by molar-refractivity contribution is 0.194. The van der Waals surface area contributed by atoms with E-state index in [2.05, 4.69) is 0 Å². The number of benzene rings is 2. The van der Waals surface area contributed by atoms with Crippen LogP contribution in [0.3, 0.4) is 0 Å². The molecule has 5 heteroatoms. The van der Waals surface area contributed by atoms with E-state index < -0.39 is 11.9 Å². The third kappa shape index (κ3) is 3.86. The zero-order valence-corrected chi connectivity index (χ0v) is 12.5. The van der Waals surface area contributed by atoms with Gasteiger partial charge in [-0.15, -0.1) is 0 Å². The summed E-state index contributed by atoms with van der Waals surface area (Å²) in [5, 5.41) is 9.96. The summed E-state index contributed by atoms with van der Waals surface area (Å²) in [6.07, 6.45) is -0.855. The molecule has 0 aliphatic heterocycles. The van der Waals surface area contributed by atoms with Gasteiger partial charge in [0.1, 0.15) is 23.9 Å². The molecule has 0 amide bonds. The second-order valence-electron chi connectivity index (χ2n) is 4.60. The van der Waals surface area contributed by atoms with Gasteiger partial charge in [0, 0.05) is 22.2 Å². The van der Waals surface area contributed by atoms with E-state index in [1.807, 2.05) is 0 Å². The van der Waals surface area contributed by atoms with Crippen LogP contribution in [0.15, 0.2) is 36.4 Å². The van der Waals surface area contributed by atoms with Crippen LogP contribution in [0, 0.1) is 5.82 Å². The average molecular weight is 311 g/mol. The summed E-state index contributed by atoms with van der Waals surface area (Å²) in [4.78, 5) is 0. The van der Waals surface area contributed by atoms with Crippen molar-refractivity contribution < 1.29 is 19.0 Å². The molecule has 21 heavy (non-hydrogen) atoms. The molecule has 0 spiro atoms. The van der Waals surface area contributed by atoms with Crippen molar-refractivity contribution in [2.45, 2.75) is 19.6 Å². The Kier molecular flexibility index (Phi) is 5.04. The molecular formula is C16H16ClFO3. The quantitative estimate of drug-likeness (QED) is 0.903. The molecule has 112 valence electrons. The lowest BCUT2D eigenvalue weighted by Gasteiger charge is -2.12. The predicted octanol–water partition coefficient (Wildman–Crippen LogP) is 4.12. The van der Waals surface area contributed by atoms with Gasteiger partial charge < -0.3 is 14.6 Å². The molecule has 1 N–H and O–H groups in total. The minimum absolute atomic E-state index is 0.206. The van der Waals surface area contributed by atoms with Crippen LogP contribution in [0.5, 0.6) is 11.5 Å². The second-order valence-corrected chi connectivity index (χ2v) is 5.04. The average Bonchev–Trinajstić information content (AvgIpc) is 2.45. The molecule has 0 saturated heterocycles. The highest BCUT2D eigenvalue weighted by Crippen LogP contribution is 2.26. The van der Waals surface area contributed by atoms with Crippen molar-refractivity contribution >= 4 is 11.6 Å². The topological polar surface area (TPSA) is 38.7 Å². The van der Waals surface area contributed by atoms with E-state index in [-0.39, 0.29) is 12.2 Å². The molecule has 2 aromatic rings. The van der Waals surface area contributed by atoms with Crippen molar-refractivity contribution in [1.82, 2.24) is 0 Å². The molecule has 0 radical (unpaired) electrons. The van der Waals surface area contributed by atoms with Gasteiger partial charge in [0.15, 0.2) is 0 Å². The highest BCUT2D eigenvalue weighted by atomic mass is 35.5. The number of hydrogen-bond donors (Lipinski definition) is 1. The number of halogens is 2. The maximum absolute atomic E-state index is 13.8. The number of methoxy groups -OCH3 is 1. The Balaban J connectivity index is 2.13. The van der Waals surface area contributed by atoms with Gasteiger partial charge in [-0.3, -0.25) is 0 Å². The molecule has 2 rings (SSSR count). The van der Waals surface area contributed by atoms with Gasteiger partial charge in [0.2, 0.25) is 0 Å². The minimum Gasteiger partial charge on any atom is -0.496 e. The Morgan fingerprint density at radius 3 is 2.62 bits per heavy atom. The fourth-order valence-corrected chi connectivity index (χ4v) is 2.15. The first-order valence-electron chi connectivity index (χ1n) is 6.44. The number of aliphatic hydroxyl groups excluding tert-OH is 1. The van der Waals surface area contributed by atoms with Crippen LogP contribution in [0.2, 0.25) is 5.02 Å². The van der Waals surface area contributed by atoms with Crippen molar-refractivity contribution in [3.8, 4) is 11.5 Å². The Morgan fingerprint density at radius 2 is 2.00 bits per heavy atom. The van der Waals surface area contributed by atoms with E-state index in [0.29, 0.717) is 16.5 Å². The van der Waals surface area contributed by atoms with E-state index in [4.69, 9.17) is 21.1 Å². The van der Waals surface area contributed by atoms with Gasteiger partial charge in [-0.25, -0.2) is 4.39 Å². The smallest absolute Gasteiger partial charge is 0.132 e. The Hall–Kier alpha value is -1.78. The van der Waals surface area contributed by atoms with Crippen LogP contribution < -0.4 is 9.47 Å². The molecule has 3 nitrogen and oxygen atoms in total. The largest absolute Gasteiger partial charge is 0.496 e. The van der Waals surface area contributed by atoms with E-state index in [1.165, 1.54) is 19.1 Å². The summed E-state index contributed by atoms with van der Waals surface area (Å²) in [6.45, 7) is 1.72. The first kappa shape index (κ1) is 15.6. The Labute approximate surface area is 127 Å². The number of ether oxygens (including phenoxy) is 2. The van der Waals surface area contributed by atoms with Crippen LogP contribution in [0.4, 0.5) is 4.39 Å². The first-order chi connectivity index (χ1) is 10.0. The molecule has 1 unspecified atom stereocenters. The summed E-state index contributed by atoms with van der Waals surface area (Å²) in [5.74, 6) is 0.528. The Morgan fingerprint density at radius 1 is 1.24 bits per heavy atom. The summed E-state index contributed by atoms with van der Waals surface area (Å²) in [7, 11) is 1.56. The van der Waals surface area contributed by atoms with Gasteiger partial charge in [0.25, 0.3) is 0 Å². The second kappa shape index (κ2) is 6.78. The monoisotopic (exact) mass is 310 g/mol. The molecule has 0 fully saturated rings.